The van der Waals surface area contributed by atoms with Crippen molar-refractivity contribution in [2.24, 2.45) is 0 Å². The summed E-state index contributed by atoms with van der Waals surface area (Å²) in [5.74, 6) is -2.83. The molecular weight excluding hydrogens is 555 g/mol. The van der Waals surface area contributed by atoms with Gasteiger partial charge in [-0.2, -0.15) is 13.2 Å². The quantitative estimate of drug-likeness (QED) is 0.266. The van der Waals surface area contributed by atoms with Crippen LogP contribution in [0.4, 0.5) is 19.0 Å². The third-order valence-corrected chi connectivity index (χ3v) is 6.83. The number of hydrogen-bond acceptors (Lipinski definition) is 9. The van der Waals surface area contributed by atoms with Gasteiger partial charge in [-0.1, -0.05) is 13.0 Å². The summed E-state index contributed by atoms with van der Waals surface area (Å²) in [6.45, 7) is 4.46. The number of aromatic nitrogens is 1. The van der Waals surface area contributed by atoms with E-state index in [1.165, 1.54) is 36.4 Å². The van der Waals surface area contributed by atoms with Crippen LogP contribution in [0.25, 0.3) is 11.0 Å². The van der Waals surface area contributed by atoms with Gasteiger partial charge in [-0.15, -0.1) is 0 Å². The van der Waals surface area contributed by atoms with Gasteiger partial charge in [0.1, 0.15) is 22.9 Å². The summed E-state index contributed by atoms with van der Waals surface area (Å²) in [5, 5.41) is 10.5. The molecule has 3 heterocycles. The van der Waals surface area contributed by atoms with Crippen LogP contribution in [0, 0.1) is 0 Å². The van der Waals surface area contributed by atoms with E-state index in [4.69, 9.17) is 13.9 Å². The first-order valence-electron chi connectivity index (χ1n) is 13.4. The van der Waals surface area contributed by atoms with Crippen LogP contribution in [0.2, 0.25) is 0 Å². The first kappa shape index (κ1) is 28.9. The van der Waals surface area contributed by atoms with E-state index in [0.717, 1.165) is 5.82 Å². The number of benzene rings is 2. The molecule has 1 N–H and O–H groups in total. The number of pyridine rings is 1. The number of piperazine rings is 1. The van der Waals surface area contributed by atoms with E-state index in [9.17, 15) is 27.9 Å². The van der Waals surface area contributed by atoms with Crippen LogP contribution in [0.5, 0.6) is 17.2 Å². The lowest BCUT2D eigenvalue weighted by molar-refractivity contribution is -0.154. The van der Waals surface area contributed by atoms with Gasteiger partial charge in [0.2, 0.25) is 11.2 Å². The smallest absolute Gasteiger partial charge is 0.453 e. The highest BCUT2D eigenvalue weighted by Crippen LogP contribution is 2.40. The summed E-state index contributed by atoms with van der Waals surface area (Å²) >= 11 is 0. The zero-order chi connectivity index (χ0) is 29.9. The predicted octanol–water partition coefficient (Wildman–Crippen LogP) is 5.59. The molecule has 1 saturated heterocycles. The van der Waals surface area contributed by atoms with Crippen molar-refractivity contribution in [2.75, 3.05) is 37.7 Å². The van der Waals surface area contributed by atoms with Crippen molar-refractivity contribution < 1.29 is 37.0 Å². The Bertz CT molecular complexity index is 1620. The van der Waals surface area contributed by atoms with Crippen molar-refractivity contribution >= 4 is 22.8 Å². The lowest BCUT2D eigenvalue weighted by Crippen LogP contribution is -2.46. The number of hydrogen-bond donors (Lipinski definition) is 1. The Morgan fingerprint density at radius 2 is 1.79 bits per heavy atom. The highest BCUT2D eigenvalue weighted by atomic mass is 19.4. The summed E-state index contributed by atoms with van der Waals surface area (Å²) in [5.41, 5.74) is -1.15. The second kappa shape index (κ2) is 12.1. The average Bonchev–Trinajstić information content (AvgIpc) is 2.99. The van der Waals surface area contributed by atoms with E-state index in [0.29, 0.717) is 32.6 Å². The van der Waals surface area contributed by atoms with E-state index in [1.807, 2.05) is 30.0 Å². The Hall–Kier alpha value is -4.58. The molecule has 0 unspecified atom stereocenters. The van der Waals surface area contributed by atoms with E-state index >= 15 is 0 Å². The van der Waals surface area contributed by atoms with Crippen LogP contribution in [0.3, 0.4) is 0 Å². The molecule has 42 heavy (non-hydrogen) atoms. The third kappa shape index (κ3) is 6.18. The van der Waals surface area contributed by atoms with Gasteiger partial charge in [-0.05, 0) is 55.0 Å². The summed E-state index contributed by atoms with van der Waals surface area (Å²) in [6.07, 6.45) is -2.75. The fraction of sp³-hybridized carbons (Fsp3) is 0.300. The normalized spacial score (nSPS) is 14.2. The maximum absolute atomic E-state index is 14.2. The number of ether oxygens (including phenoxy) is 2. The van der Waals surface area contributed by atoms with Gasteiger partial charge in [0.25, 0.3) is 5.76 Å². The molecule has 0 bridgehead atoms. The van der Waals surface area contributed by atoms with Crippen LogP contribution in [-0.2, 0) is 17.5 Å². The number of nitrogens with zero attached hydrogens (tertiary/aromatic N) is 3. The third-order valence-electron chi connectivity index (χ3n) is 6.83. The Morgan fingerprint density at radius 3 is 2.43 bits per heavy atom. The van der Waals surface area contributed by atoms with Crippen LogP contribution in [0.1, 0.15) is 35.0 Å². The standard InChI is InChI=1S/C30H28F3N3O6/c1-2-17-40-29(39)19-6-8-20(9-7-19)41-27-25(38)21-10-11-23(37)22(26(21)42-28(27)30(31,32)33)18-35-13-15-36(16-14-35)24-5-3-4-12-34-24/h3-12,37H,2,13-18H2,1H3. The fourth-order valence-corrected chi connectivity index (χ4v) is 4.67. The number of esters is 1. The number of phenols is 1. The second-order valence-corrected chi connectivity index (χ2v) is 9.74. The first-order chi connectivity index (χ1) is 20.2. The Morgan fingerprint density at radius 1 is 1.05 bits per heavy atom. The van der Waals surface area contributed by atoms with Gasteiger partial charge < -0.3 is 23.9 Å². The minimum Gasteiger partial charge on any atom is -0.507 e. The predicted molar refractivity (Wildman–Crippen MR) is 148 cm³/mol. The summed E-state index contributed by atoms with van der Waals surface area (Å²) in [4.78, 5) is 33.8. The van der Waals surface area contributed by atoms with Gasteiger partial charge in [0.05, 0.1) is 23.1 Å². The lowest BCUT2D eigenvalue weighted by atomic mass is 10.1. The minimum absolute atomic E-state index is 0.0647. The Balaban J connectivity index is 1.44. The van der Waals surface area contributed by atoms with Crippen LogP contribution >= 0.6 is 0 Å². The van der Waals surface area contributed by atoms with Crippen molar-refractivity contribution in [1.82, 2.24) is 9.88 Å². The molecule has 0 saturated carbocycles. The van der Waals surface area contributed by atoms with Crippen molar-refractivity contribution in [1.29, 1.82) is 0 Å². The van der Waals surface area contributed by atoms with Crippen molar-refractivity contribution in [3.8, 4) is 17.2 Å². The number of aromatic hydroxyl groups is 1. The lowest BCUT2D eigenvalue weighted by Gasteiger charge is -2.35. The Kier molecular flexibility index (Phi) is 8.34. The molecule has 1 aliphatic heterocycles. The number of alkyl halides is 3. The zero-order valence-corrected chi connectivity index (χ0v) is 22.7. The van der Waals surface area contributed by atoms with Gasteiger partial charge in [0.15, 0.2) is 0 Å². The topological polar surface area (TPSA) is 105 Å². The summed E-state index contributed by atoms with van der Waals surface area (Å²) < 4.78 is 58.3. The summed E-state index contributed by atoms with van der Waals surface area (Å²) in [6, 6.07) is 13.3. The molecule has 12 heteroatoms. The van der Waals surface area contributed by atoms with Gasteiger partial charge >= 0.3 is 12.1 Å². The van der Waals surface area contributed by atoms with Crippen LogP contribution < -0.4 is 15.1 Å². The van der Waals surface area contributed by atoms with Crippen molar-refractivity contribution in [3.05, 3.63) is 87.9 Å². The second-order valence-electron chi connectivity index (χ2n) is 9.74. The van der Waals surface area contributed by atoms with Gasteiger partial charge in [-0.25, -0.2) is 9.78 Å². The number of rotatable bonds is 8. The number of anilines is 1. The largest absolute Gasteiger partial charge is 0.507 e. The van der Waals surface area contributed by atoms with Crippen LogP contribution in [0.15, 0.2) is 70.0 Å². The highest BCUT2D eigenvalue weighted by Gasteiger charge is 2.41. The molecule has 5 rings (SSSR count). The van der Waals surface area contributed by atoms with Crippen molar-refractivity contribution in [3.63, 3.8) is 0 Å². The zero-order valence-electron chi connectivity index (χ0n) is 22.7. The molecule has 0 spiro atoms. The van der Waals surface area contributed by atoms with Crippen LogP contribution in [-0.4, -0.2) is 53.7 Å². The average molecular weight is 584 g/mol. The molecule has 0 atom stereocenters. The Labute approximate surface area is 238 Å². The molecule has 1 aliphatic rings. The van der Waals surface area contributed by atoms with Crippen molar-refractivity contribution in [2.45, 2.75) is 26.1 Å². The molecular formula is C30H28F3N3O6. The number of halogens is 3. The first-order valence-corrected chi connectivity index (χ1v) is 13.4. The molecule has 0 radical (unpaired) electrons. The minimum atomic E-state index is -5.08. The molecule has 0 amide bonds. The number of carbonyl (C=O) groups excluding carboxylic acids is 1. The number of carbonyl (C=O) groups is 1. The molecule has 2 aromatic carbocycles. The molecule has 9 nitrogen and oxygen atoms in total. The van der Waals surface area contributed by atoms with E-state index < -0.39 is 29.1 Å². The molecule has 1 fully saturated rings. The SMILES string of the molecule is CCCOC(=O)c1ccc(Oc2c(C(F)(F)F)oc3c(CN4CCN(c5ccccn5)CC4)c(O)ccc3c2=O)cc1. The van der Waals surface area contributed by atoms with Gasteiger partial charge in [-0.3, -0.25) is 9.69 Å². The van der Waals surface area contributed by atoms with E-state index in [-0.39, 0.29) is 46.7 Å². The molecule has 220 valence electrons. The highest BCUT2D eigenvalue weighted by molar-refractivity contribution is 5.89. The van der Waals surface area contributed by atoms with E-state index in [1.54, 1.807) is 6.20 Å². The fourth-order valence-electron chi connectivity index (χ4n) is 4.67. The van der Waals surface area contributed by atoms with Gasteiger partial charge in [0, 0.05) is 38.9 Å². The monoisotopic (exact) mass is 583 g/mol. The molecule has 2 aromatic heterocycles. The maximum atomic E-state index is 14.2. The van der Waals surface area contributed by atoms with E-state index in [2.05, 4.69) is 9.88 Å². The molecule has 4 aromatic rings. The number of fused-ring (bicyclic) bond motifs is 1. The molecule has 0 aliphatic carbocycles. The maximum Gasteiger partial charge on any atom is 0.453 e. The number of phenolic OH excluding ortho intramolecular Hbond substituents is 1. The summed E-state index contributed by atoms with van der Waals surface area (Å²) in [7, 11) is 0.